The van der Waals surface area contributed by atoms with Crippen molar-refractivity contribution in [3.63, 3.8) is 0 Å². The van der Waals surface area contributed by atoms with Crippen molar-refractivity contribution >= 4 is 28.6 Å². The second-order valence-electron chi connectivity index (χ2n) is 4.74. The molecule has 0 saturated carbocycles. The summed E-state index contributed by atoms with van der Waals surface area (Å²) >= 11 is 1.50. The number of hydrogen-bond acceptors (Lipinski definition) is 5. The predicted octanol–water partition coefficient (Wildman–Crippen LogP) is 2.97. The number of carbonyl (C=O) groups excluding carboxylic acids is 1. The lowest BCUT2D eigenvalue weighted by Gasteiger charge is -2.02. The molecule has 0 aliphatic heterocycles. The van der Waals surface area contributed by atoms with Gasteiger partial charge in [-0.05, 0) is 24.3 Å². The number of hydrogen-bond donors (Lipinski definition) is 2. The lowest BCUT2D eigenvalue weighted by atomic mass is 10.2. The summed E-state index contributed by atoms with van der Waals surface area (Å²) in [6.07, 6.45) is 3.50. The minimum Gasteiger partial charge on any atom is -0.399 e. The van der Waals surface area contributed by atoms with E-state index in [1.54, 1.807) is 24.5 Å². The lowest BCUT2D eigenvalue weighted by Crippen LogP contribution is -2.14. The van der Waals surface area contributed by atoms with Crippen molar-refractivity contribution in [3.8, 4) is 10.6 Å². The van der Waals surface area contributed by atoms with Crippen LogP contribution in [0.5, 0.6) is 0 Å². The molecule has 110 valence electrons. The van der Waals surface area contributed by atoms with Crippen LogP contribution in [0.15, 0.2) is 54.2 Å². The van der Waals surface area contributed by atoms with E-state index < -0.39 is 0 Å². The molecule has 1 amide bonds. The molecule has 0 atom stereocenters. The molecule has 0 aliphatic rings. The van der Waals surface area contributed by atoms with Gasteiger partial charge in [-0.25, -0.2) is 4.98 Å². The maximum atomic E-state index is 12.0. The Balaban J connectivity index is 1.68. The first kappa shape index (κ1) is 14.2. The number of rotatable bonds is 4. The van der Waals surface area contributed by atoms with E-state index in [-0.39, 0.29) is 12.3 Å². The van der Waals surface area contributed by atoms with Crippen molar-refractivity contribution in [3.05, 3.63) is 59.9 Å². The quantitative estimate of drug-likeness (QED) is 0.726. The van der Waals surface area contributed by atoms with Crippen LogP contribution in [0.1, 0.15) is 5.69 Å². The van der Waals surface area contributed by atoms with Crippen LogP contribution >= 0.6 is 11.3 Å². The SMILES string of the molecule is Nc1cccc(-c2nc(CC(=O)Nc3cccnc3)cs2)c1. The van der Waals surface area contributed by atoms with Gasteiger partial charge in [-0.15, -0.1) is 11.3 Å². The van der Waals surface area contributed by atoms with E-state index in [2.05, 4.69) is 15.3 Å². The summed E-state index contributed by atoms with van der Waals surface area (Å²) in [4.78, 5) is 20.4. The van der Waals surface area contributed by atoms with Crippen molar-refractivity contribution < 1.29 is 4.79 Å². The molecule has 2 heterocycles. The molecule has 3 N–H and O–H groups in total. The molecule has 3 aromatic rings. The van der Waals surface area contributed by atoms with Gasteiger partial charge in [0.15, 0.2) is 0 Å². The largest absolute Gasteiger partial charge is 0.399 e. The molecule has 5 nitrogen and oxygen atoms in total. The number of thiazole rings is 1. The first-order chi connectivity index (χ1) is 10.7. The van der Waals surface area contributed by atoms with Gasteiger partial charge in [0.05, 0.1) is 24.0 Å². The molecule has 0 spiro atoms. The van der Waals surface area contributed by atoms with Crippen molar-refractivity contribution in [2.45, 2.75) is 6.42 Å². The standard InChI is InChI=1S/C16H14N4OS/c17-12-4-1-3-11(7-12)16-20-14(10-22-16)8-15(21)19-13-5-2-6-18-9-13/h1-7,9-10H,8,17H2,(H,19,21). The maximum absolute atomic E-state index is 12.0. The summed E-state index contributed by atoms with van der Waals surface area (Å²) in [5, 5.41) is 5.54. The highest BCUT2D eigenvalue weighted by molar-refractivity contribution is 7.13. The fourth-order valence-corrected chi connectivity index (χ4v) is 2.82. The summed E-state index contributed by atoms with van der Waals surface area (Å²) in [7, 11) is 0. The van der Waals surface area contributed by atoms with Crippen molar-refractivity contribution in [2.75, 3.05) is 11.1 Å². The number of nitrogen functional groups attached to an aromatic ring is 1. The lowest BCUT2D eigenvalue weighted by molar-refractivity contribution is -0.115. The molecule has 0 saturated heterocycles. The highest BCUT2D eigenvalue weighted by Crippen LogP contribution is 2.25. The topological polar surface area (TPSA) is 80.9 Å². The van der Waals surface area contributed by atoms with Crippen LogP contribution in [-0.2, 0) is 11.2 Å². The van der Waals surface area contributed by atoms with Crippen molar-refractivity contribution in [1.29, 1.82) is 0 Å². The summed E-state index contributed by atoms with van der Waals surface area (Å²) in [6.45, 7) is 0. The Morgan fingerprint density at radius 1 is 1.27 bits per heavy atom. The van der Waals surface area contributed by atoms with E-state index in [1.807, 2.05) is 29.6 Å². The summed E-state index contributed by atoms with van der Waals surface area (Å²) < 4.78 is 0. The molecular weight excluding hydrogens is 296 g/mol. The highest BCUT2D eigenvalue weighted by atomic mass is 32.1. The number of amides is 1. The molecule has 0 fully saturated rings. The number of carbonyl (C=O) groups is 1. The third kappa shape index (κ3) is 3.48. The molecule has 2 aromatic heterocycles. The van der Waals surface area contributed by atoms with E-state index >= 15 is 0 Å². The molecule has 0 bridgehead atoms. The number of benzene rings is 1. The number of pyridine rings is 1. The monoisotopic (exact) mass is 310 g/mol. The second kappa shape index (κ2) is 6.36. The number of anilines is 2. The van der Waals surface area contributed by atoms with Crippen LogP contribution in [-0.4, -0.2) is 15.9 Å². The Bertz CT molecular complexity index is 786. The molecule has 3 rings (SSSR count). The minimum atomic E-state index is -0.113. The van der Waals surface area contributed by atoms with E-state index in [9.17, 15) is 4.79 Å². The van der Waals surface area contributed by atoms with Crippen molar-refractivity contribution in [1.82, 2.24) is 9.97 Å². The smallest absolute Gasteiger partial charge is 0.230 e. The molecule has 0 unspecified atom stereocenters. The van der Waals surface area contributed by atoms with Gasteiger partial charge in [0.2, 0.25) is 5.91 Å². The van der Waals surface area contributed by atoms with Gasteiger partial charge in [0.25, 0.3) is 0 Å². The molecule has 0 radical (unpaired) electrons. The minimum absolute atomic E-state index is 0.113. The van der Waals surface area contributed by atoms with Crippen LogP contribution in [0, 0.1) is 0 Å². The third-order valence-corrected chi connectivity index (χ3v) is 3.91. The van der Waals surface area contributed by atoms with Crippen LogP contribution < -0.4 is 11.1 Å². The van der Waals surface area contributed by atoms with E-state index in [4.69, 9.17) is 5.73 Å². The van der Waals surface area contributed by atoms with Gasteiger partial charge in [0, 0.05) is 22.8 Å². The Morgan fingerprint density at radius 2 is 2.18 bits per heavy atom. The van der Waals surface area contributed by atoms with Crippen molar-refractivity contribution in [2.24, 2.45) is 0 Å². The Hall–Kier alpha value is -2.73. The van der Waals surface area contributed by atoms with Gasteiger partial charge < -0.3 is 11.1 Å². The van der Waals surface area contributed by atoms with Gasteiger partial charge in [-0.2, -0.15) is 0 Å². The normalized spacial score (nSPS) is 10.4. The van der Waals surface area contributed by atoms with E-state index in [0.717, 1.165) is 16.3 Å². The van der Waals surface area contributed by atoms with Gasteiger partial charge in [-0.1, -0.05) is 12.1 Å². The maximum Gasteiger partial charge on any atom is 0.230 e. The van der Waals surface area contributed by atoms with Crippen LogP contribution in [0.4, 0.5) is 11.4 Å². The Labute approximate surface area is 131 Å². The fourth-order valence-electron chi connectivity index (χ4n) is 2.00. The second-order valence-corrected chi connectivity index (χ2v) is 5.59. The number of aromatic nitrogens is 2. The van der Waals surface area contributed by atoms with Gasteiger partial charge in [0.1, 0.15) is 5.01 Å². The predicted molar refractivity (Wildman–Crippen MR) is 88.5 cm³/mol. The summed E-state index contributed by atoms with van der Waals surface area (Å²) in [5.74, 6) is -0.113. The third-order valence-electron chi connectivity index (χ3n) is 2.97. The van der Waals surface area contributed by atoms with Gasteiger partial charge >= 0.3 is 0 Å². The molecule has 22 heavy (non-hydrogen) atoms. The number of nitrogens with two attached hydrogens (primary N) is 1. The molecule has 6 heteroatoms. The Kier molecular flexibility index (Phi) is 4.11. The zero-order valence-electron chi connectivity index (χ0n) is 11.7. The zero-order chi connectivity index (χ0) is 15.4. The zero-order valence-corrected chi connectivity index (χ0v) is 12.5. The molecular formula is C16H14N4OS. The average Bonchev–Trinajstić information content (AvgIpc) is 2.96. The fraction of sp³-hybridized carbons (Fsp3) is 0.0625. The summed E-state index contributed by atoms with van der Waals surface area (Å²) in [5.41, 5.74) is 8.86. The van der Waals surface area contributed by atoms with E-state index in [0.29, 0.717) is 11.4 Å². The summed E-state index contributed by atoms with van der Waals surface area (Å²) in [6, 6.07) is 11.1. The number of nitrogens with zero attached hydrogens (tertiary/aromatic N) is 2. The van der Waals surface area contributed by atoms with Crippen LogP contribution in [0.3, 0.4) is 0 Å². The van der Waals surface area contributed by atoms with Crippen LogP contribution in [0.25, 0.3) is 10.6 Å². The highest BCUT2D eigenvalue weighted by Gasteiger charge is 2.09. The van der Waals surface area contributed by atoms with Gasteiger partial charge in [-0.3, -0.25) is 9.78 Å². The average molecular weight is 310 g/mol. The molecule has 1 aromatic carbocycles. The first-order valence-electron chi connectivity index (χ1n) is 6.71. The number of nitrogens with one attached hydrogen (secondary N) is 1. The van der Waals surface area contributed by atoms with Crippen LogP contribution in [0.2, 0.25) is 0 Å². The Morgan fingerprint density at radius 3 is 2.95 bits per heavy atom. The first-order valence-corrected chi connectivity index (χ1v) is 7.59. The van der Waals surface area contributed by atoms with E-state index in [1.165, 1.54) is 11.3 Å². The molecule has 0 aliphatic carbocycles.